The molecule has 0 amide bonds. The van der Waals surface area contributed by atoms with Gasteiger partial charge < -0.3 is 15.4 Å². The minimum absolute atomic E-state index is 0.445. The molecule has 190 valence electrons. The average molecular weight is 493 g/mol. The van der Waals surface area contributed by atoms with Gasteiger partial charge in [0.1, 0.15) is 5.82 Å². The van der Waals surface area contributed by atoms with Gasteiger partial charge in [-0.3, -0.25) is 5.32 Å². The zero-order valence-corrected chi connectivity index (χ0v) is 21.6. The first-order valence-electron chi connectivity index (χ1n) is 13.6. The van der Waals surface area contributed by atoms with E-state index in [9.17, 15) is 0 Å². The number of nitrogens with two attached hydrogens (primary N) is 1. The Kier molecular flexibility index (Phi) is 8.72. The minimum atomic E-state index is 0.445. The van der Waals surface area contributed by atoms with Crippen LogP contribution in [0.4, 0.5) is 5.82 Å². The highest BCUT2D eigenvalue weighted by Crippen LogP contribution is 2.28. The number of nitrogens with zero attached hydrogens (tertiary/aromatic N) is 2. The summed E-state index contributed by atoms with van der Waals surface area (Å²) in [5, 5.41) is 5.40. The number of piperidine rings is 1. The zero-order chi connectivity index (χ0) is 25.3. The summed E-state index contributed by atoms with van der Waals surface area (Å²) in [4.78, 5) is 6.92. The molecule has 0 unspecified atom stereocenters. The Morgan fingerprint density at radius 2 is 1.78 bits per heavy atom. The summed E-state index contributed by atoms with van der Waals surface area (Å²) in [6.45, 7) is 5.86. The van der Waals surface area contributed by atoms with E-state index in [0.717, 1.165) is 39.6 Å². The van der Waals surface area contributed by atoms with Gasteiger partial charge in [-0.1, -0.05) is 48.3 Å². The number of likely N-dealkylation sites (tertiary alicyclic amines) is 1. The first-order chi connectivity index (χ1) is 18.2. The third-order valence-electron chi connectivity index (χ3n) is 6.95. The number of rotatable bonds is 8. The van der Waals surface area contributed by atoms with Gasteiger partial charge in [-0.2, -0.15) is 0 Å². The van der Waals surface area contributed by atoms with E-state index < -0.39 is 0 Å². The number of ether oxygens (including phenoxy) is 1. The molecular weight excluding hydrogens is 456 g/mol. The lowest BCUT2D eigenvalue weighted by atomic mass is 10.0. The molecule has 5 nitrogen and oxygen atoms in total. The molecular formula is C32H36N4O. The molecule has 0 atom stereocenters. The summed E-state index contributed by atoms with van der Waals surface area (Å²) in [5.41, 5.74) is 10.0. The molecule has 2 heterocycles. The van der Waals surface area contributed by atoms with Crippen LogP contribution < -0.4 is 11.1 Å². The number of nitrogen functional groups attached to an aromatic ring is 1. The van der Waals surface area contributed by atoms with E-state index in [4.69, 9.17) is 10.5 Å². The van der Waals surface area contributed by atoms with Crippen LogP contribution in [0, 0.1) is 29.6 Å². The van der Waals surface area contributed by atoms with Crippen molar-refractivity contribution in [1.82, 2.24) is 15.2 Å². The molecule has 2 aliphatic rings. The van der Waals surface area contributed by atoms with Crippen LogP contribution >= 0.6 is 0 Å². The van der Waals surface area contributed by atoms with Crippen molar-refractivity contribution < 1.29 is 4.74 Å². The van der Waals surface area contributed by atoms with Crippen LogP contribution in [0.2, 0.25) is 0 Å². The lowest BCUT2D eigenvalue weighted by Crippen LogP contribution is -2.32. The first kappa shape index (κ1) is 25.3. The summed E-state index contributed by atoms with van der Waals surface area (Å²) in [5.74, 6) is 14.1. The molecule has 5 heteroatoms. The Bertz CT molecular complexity index is 1320. The summed E-state index contributed by atoms with van der Waals surface area (Å²) in [7, 11) is 0. The molecule has 1 saturated heterocycles. The predicted octanol–water partition coefficient (Wildman–Crippen LogP) is 4.92. The van der Waals surface area contributed by atoms with E-state index in [1.54, 1.807) is 6.20 Å². The van der Waals surface area contributed by atoms with Crippen molar-refractivity contribution in [1.29, 1.82) is 0 Å². The Labute approximate surface area is 220 Å². The molecule has 3 aromatic rings. The smallest absolute Gasteiger partial charge is 0.139 e. The minimum Gasteiger partial charge on any atom is -0.383 e. The van der Waals surface area contributed by atoms with Crippen molar-refractivity contribution in [3.05, 3.63) is 70.9 Å². The number of benzene rings is 2. The summed E-state index contributed by atoms with van der Waals surface area (Å²) in [6, 6.07) is 14.3. The molecule has 5 rings (SSSR count). The summed E-state index contributed by atoms with van der Waals surface area (Å²) in [6.07, 6.45) is 9.50. The SMILES string of the molecule is Nc1ncc2ccc(C#CC3CC3)cc2c1C#Cc1ccc(COCNCCCN2CCCCC2)cc1. The van der Waals surface area contributed by atoms with Crippen molar-refractivity contribution in [3.8, 4) is 23.7 Å². The highest BCUT2D eigenvalue weighted by Gasteiger charge is 2.17. The van der Waals surface area contributed by atoms with Gasteiger partial charge >= 0.3 is 0 Å². The van der Waals surface area contributed by atoms with Gasteiger partial charge in [0, 0.05) is 34.0 Å². The van der Waals surface area contributed by atoms with Crippen LogP contribution in [0.3, 0.4) is 0 Å². The summed E-state index contributed by atoms with van der Waals surface area (Å²) >= 11 is 0. The fraction of sp³-hybridized carbons (Fsp3) is 0.406. The maximum atomic E-state index is 6.22. The monoisotopic (exact) mass is 492 g/mol. The molecule has 0 radical (unpaired) electrons. The van der Waals surface area contributed by atoms with Gasteiger partial charge in [0.25, 0.3) is 0 Å². The second-order valence-corrected chi connectivity index (χ2v) is 10.1. The van der Waals surface area contributed by atoms with Gasteiger partial charge in [-0.15, -0.1) is 0 Å². The average Bonchev–Trinajstić information content (AvgIpc) is 3.77. The highest BCUT2D eigenvalue weighted by atomic mass is 16.5. The molecule has 3 N–H and O–H groups in total. The van der Waals surface area contributed by atoms with E-state index in [-0.39, 0.29) is 0 Å². The number of nitrogens with one attached hydrogen (secondary N) is 1. The number of hydrogen-bond donors (Lipinski definition) is 2. The summed E-state index contributed by atoms with van der Waals surface area (Å²) < 4.78 is 5.80. The van der Waals surface area contributed by atoms with Crippen molar-refractivity contribution in [3.63, 3.8) is 0 Å². The van der Waals surface area contributed by atoms with E-state index in [0.29, 0.717) is 25.1 Å². The molecule has 1 aliphatic carbocycles. The van der Waals surface area contributed by atoms with Crippen LogP contribution in [0.1, 0.15) is 60.8 Å². The second-order valence-electron chi connectivity index (χ2n) is 10.1. The van der Waals surface area contributed by atoms with Crippen molar-refractivity contribution in [2.45, 2.75) is 45.1 Å². The fourth-order valence-electron chi connectivity index (χ4n) is 4.59. The predicted molar refractivity (Wildman–Crippen MR) is 151 cm³/mol. The van der Waals surface area contributed by atoms with Crippen LogP contribution in [-0.2, 0) is 11.3 Å². The number of hydrogen-bond acceptors (Lipinski definition) is 5. The van der Waals surface area contributed by atoms with Crippen LogP contribution in [-0.4, -0.2) is 42.8 Å². The van der Waals surface area contributed by atoms with Gasteiger partial charge in [-0.05, 0) is 88.1 Å². The molecule has 37 heavy (non-hydrogen) atoms. The van der Waals surface area contributed by atoms with Crippen molar-refractivity contribution in [2.75, 3.05) is 38.6 Å². The number of pyridine rings is 1. The lowest BCUT2D eigenvalue weighted by molar-refractivity contribution is 0.102. The quantitative estimate of drug-likeness (QED) is 0.266. The topological polar surface area (TPSA) is 63.4 Å². The van der Waals surface area contributed by atoms with Crippen molar-refractivity contribution in [2.24, 2.45) is 5.92 Å². The van der Waals surface area contributed by atoms with Gasteiger partial charge in [0.05, 0.1) is 18.9 Å². The Morgan fingerprint density at radius 1 is 0.973 bits per heavy atom. The van der Waals surface area contributed by atoms with E-state index >= 15 is 0 Å². The maximum absolute atomic E-state index is 6.22. The molecule has 1 aliphatic heterocycles. The Balaban J connectivity index is 1.12. The molecule has 2 aromatic carbocycles. The Hall–Kier alpha value is -3.35. The van der Waals surface area contributed by atoms with E-state index in [2.05, 4.69) is 57.1 Å². The maximum Gasteiger partial charge on any atom is 0.139 e. The van der Waals surface area contributed by atoms with Crippen molar-refractivity contribution >= 4 is 16.6 Å². The zero-order valence-electron chi connectivity index (χ0n) is 21.6. The van der Waals surface area contributed by atoms with Crippen LogP contribution in [0.25, 0.3) is 10.8 Å². The van der Waals surface area contributed by atoms with Crippen LogP contribution in [0.5, 0.6) is 0 Å². The molecule has 1 saturated carbocycles. The van der Waals surface area contributed by atoms with Gasteiger partial charge in [0.2, 0.25) is 0 Å². The molecule has 2 fully saturated rings. The third kappa shape index (κ3) is 7.57. The lowest BCUT2D eigenvalue weighted by Gasteiger charge is -2.26. The number of aromatic nitrogens is 1. The molecule has 0 bridgehead atoms. The normalized spacial score (nSPS) is 15.6. The number of anilines is 1. The molecule has 1 aromatic heterocycles. The van der Waals surface area contributed by atoms with E-state index in [1.807, 2.05) is 24.3 Å². The third-order valence-corrected chi connectivity index (χ3v) is 6.95. The van der Waals surface area contributed by atoms with Gasteiger partial charge in [-0.25, -0.2) is 4.98 Å². The fourth-order valence-corrected chi connectivity index (χ4v) is 4.59. The first-order valence-corrected chi connectivity index (χ1v) is 13.6. The molecule has 0 spiro atoms. The van der Waals surface area contributed by atoms with E-state index in [1.165, 1.54) is 58.2 Å². The second kappa shape index (κ2) is 12.7. The standard InChI is InChI=1S/C32H36N4O/c33-32-30(31-21-27(10-7-25-5-6-25)13-15-29(31)22-35-32)16-14-26-8-11-28(12-9-26)23-37-24-34-17-4-20-36-18-2-1-3-19-36/h8-9,11-13,15,21-22,25,34H,1-6,17-20,23-24H2,(H2,33,35). The van der Waals surface area contributed by atoms with Gasteiger partial charge in [0.15, 0.2) is 0 Å². The van der Waals surface area contributed by atoms with Crippen LogP contribution in [0.15, 0.2) is 48.7 Å². The Morgan fingerprint density at radius 3 is 2.59 bits per heavy atom. The largest absolute Gasteiger partial charge is 0.383 e. The highest BCUT2D eigenvalue weighted by molar-refractivity contribution is 5.92. The number of fused-ring (bicyclic) bond motifs is 1.